The van der Waals surface area contributed by atoms with Crippen LogP contribution in [-0.4, -0.2) is 20.9 Å². The Hall–Kier alpha value is -2.95. The minimum Gasteiger partial charge on any atom is -0.345 e. The first-order chi connectivity index (χ1) is 14.1. The first kappa shape index (κ1) is 18.1. The van der Waals surface area contributed by atoms with Crippen molar-refractivity contribution in [2.24, 2.45) is 0 Å². The van der Waals surface area contributed by atoms with Crippen molar-refractivity contribution in [3.8, 4) is 0 Å². The molecule has 2 N–H and O–H groups in total. The second kappa shape index (κ2) is 7.14. The zero-order valence-electron chi connectivity index (χ0n) is 16.8. The summed E-state index contributed by atoms with van der Waals surface area (Å²) in [5.74, 6) is 1.55. The zero-order chi connectivity index (χ0) is 19.8. The maximum absolute atomic E-state index is 12.5. The van der Waals surface area contributed by atoms with Gasteiger partial charge in [-0.1, -0.05) is 30.2 Å². The highest BCUT2D eigenvalue weighted by atomic mass is 16.1. The number of imidazole rings is 1. The van der Waals surface area contributed by atoms with Crippen LogP contribution in [0.1, 0.15) is 70.8 Å². The van der Waals surface area contributed by atoms with Gasteiger partial charge in [-0.05, 0) is 69.2 Å². The molecule has 0 radical (unpaired) electrons. The molecule has 0 unspecified atom stereocenters. The van der Waals surface area contributed by atoms with Gasteiger partial charge < -0.3 is 10.3 Å². The number of carbonyl (C=O) groups is 1. The van der Waals surface area contributed by atoms with Crippen molar-refractivity contribution in [1.29, 1.82) is 0 Å². The van der Waals surface area contributed by atoms with Gasteiger partial charge in [0.15, 0.2) is 0 Å². The number of nitrogens with zero attached hydrogens (tertiary/aromatic N) is 2. The van der Waals surface area contributed by atoms with Crippen molar-refractivity contribution < 1.29 is 4.79 Å². The Morgan fingerprint density at radius 1 is 1.10 bits per heavy atom. The van der Waals surface area contributed by atoms with Crippen molar-refractivity contribution in [3.63, 3.8) is 0 Å². The number of pyridine rings is 1. The van der Waals surface area contributed by atoms with Gasteiger partial charge in [0.05, 0.1) is 11.1 Å². The first-order valence-electron chi connectivity index (χ1n) is 10.6. The summed E-state index contributed by atoms with van der Waals surface area (Å²) in [6.07, 6.45) is 9.99. The predicted molar refractivity (Wildman–Crippen MR) is 113 cm³/mol. The second-order valence-corrected chi connectivity index (χ2v) is 8.41. The third-order valence-electron chi connectivity index (χ3n) is 6.45. The Bertz CT molecular complexity index is 1020. The van der Waals surface area contributed by atoms with E-state index in [-0.39, 0.29) is 11.3 Å². The predicted octanol–water partition coefficient (Wildman–Crippen LogP) is 4.71. The van der Waals surface area contributed by atoms with Gasteiger partial charge in [-0.15, -0.1) is 0 Å². The maximum atomic E-state index is 12.5. The van der Waals surface area contributed by atoms with Gasteiger partial charge in [-0.3, -0.25) is 4.79 Å². The van der Waals surface area contributed by atoms with Crippen LogP contribution in [0.2, 0.25) is 0 Å². The molecule has 3 aromatic rings. The van der Waals surface area contributed by atoms with Crippen LogP contribution in [0.4, 0.5) is 5.82 Å². The molecule has 5 rings (SSSR count). The van der Waals surface area contributed by atoms with Crippen LogP contribution in [0.5, 0.6) is 0 Å². The molecule has 0 atom stereocenters. The van der Waals surface area contributed by atoms with E-state index >= 15 is 0 Å². The normalized spacial score (nSPS) is 17.3. The number of aryl methyl sites for hydroxylation is 3. The number of benzene rings is 1. The number of hydrogen-bond acceptors (Lipinski definition) is 3. The number of aromatic nitrogens is 3. The van der Waals surface area contributed by atoms with Crippen LogP contribution in [0.15, 0.2) is 42.6 Å². The molecule has 0 spiro atoms. The van der Waals surface area contributed by atoms with Gasteiger partial charge in [-0.25, -0.2) is 9.97 Å². The van der Waals surface area contributed by atoms with Crippen LogP contribution < -0.4 is 5.32 Å². The van der Waals surface area contributed by atoms with Crippen molar-refractivity contribution in [3.05, 3.63) is 76.5 Å². The number of H-pyrrole nitrogens is 1. The number of hydrogen-bond donors (Lipinski definition) is 2. The summed E-state index contributed by atoms with van der Waals surface area (Å²) in [5.41, 5.74) is 5.42. The van der Waals surface area contributed by atoms with Crippen LogP contribution in [-0.2, 0) is 18.3 Å². The number of fused-ring (bicyclic) bond motifs is 1. The molecule has 2 aromatic heterocycles. The molecule has 5 heteroatoms. The van der Waals surface area contributed by atoms with Gasteiger partial charge in [0.25, 0.3) is 5.91 Å². The van der Waals surface area contributed by atoms with Gasteiger partial charge >= 0.3 is 0 Å². The SMILES string of the molecule is Cc1cccc(C(=O)Nc2ccc(C3(c4nc5c([nH]4)CCCC5)CCC3)cn2)c1. The van der Waals surface area contributed by atoms with Crippen LogP contribution in [0.3, 0.4) is 0 Å². The van der Waals surface area contributed by atoms with Gasteiger partial charge in [0.1, 0.15) is 11.6 Å². The van der Waals surface area contributed by atoms with Crippen molar-refractivity contribution in [1.82, 2.24) is 15.0 Å². The minimum atomic E-state index is -0.133. The molecule has 1 amide bonds. The quantitative estimate of drug-likeness (QED) is 0.682. The summed E-state index contributed by atoms with van der Waals surface area (Å²) in [4.78, 5) is 25.7. The van der Waals surface area contributed by atoms with Crippen LogP contribution >= 0.6 is 0 Å². The Labute approximate surface area is 171 Å². The summed E-state index contributed by atoms with van der Waals surface area (Å²) in [6, 6.07) is 11.6. The molecule has 1 aromatic carbocycles. The van der Waals surface area contributed by atoms with Crippen molar-refractivity contribution in [2.75, 3.05) is 5.32 Å². The fraction of sp³-hybridized carbons (Fsp3) is 0.375. The van der Waals surface area contributed by atoms with E-state index in [0.29, 0.717) is 11.4 Å². The molecule has 1 saturated carbocycles. The van der Waals surface area contributed by atoms with E-state index in [2.05, 4.69) is 21.4 Å². The van der Waals surface area contributed by atoms with E-state index < -0.39 is 0 Å². The summed E-state index contributed by atoms with van der Waals surface area (Å²) in [6.45, 7) is 1.98. The number of carbonyl (C=O) groups excluding carboxylic acids is 1. The number of nitrogens with one attached hydrogen (secondary N) is 2. The van der Waals surface area contributed by atoms with Gasteiger partial charge in [-0.2, -0.15) is 0 Å². The molecule has 2 aliphatic rings. The zero-order valence-corrected chi connectivity index (χ0v) is 16.8. The highest BCUT2D eigenvalue weighted by Gasteiger charge is 2.43. The minimum absolute atomic E-state index is 0.0522. The van der Waals surface area contributed by atoms with Crippen LogP contribution in [0, 0.1) is 6.92 Å². The van der Waals surface area contributed by atoms with E-state index in [1.165, 1.54) is 36.2 Å². The van der Waals surface area contributed by atoms with Crippen molar-refractivity contribution >= 4 is 11.7 Å². The van der Waals surface area contributed by atoms with E-state index in [1.54, 1.807) is 0 Å². The monoisotopic (exact) mass is 386 g/mol. The highest BCUT2D eigenvalue weighted by Crippen LogP contribution is 2.48. The largest absolute Gasteiger partial charge is 0.345 e. The van der Waals surface area contributed by atoms with Gasteiger partial charge in [0.2, 0.25) is 0 Å². The summed E-state index contributed by atoms with van der Waals surface area (Å²) >= 11 is 0. The standard InChI is InChI=1S/C24H26N4O/c1-16-6-4-7-17(14-16)22(29)28-21-11-10-18(15-25-21)24(12-5-13-24)23-26-19-8-2-3-9-20(19)27-23/h4,6-7,10-11,14-15H,2-3,5,8-9,12-13H2,1H3,(H,26,27)(H,25,28,29). The molecule has 2 heterocycles. The molecule has 1 fully saturated rings. The summed E-state index contributed by atoms with van der Waals surface area (Å²) in [5, 5.41) is 2.91. The number of rotatable bonds is 4. The Morgan fingerprint density at radius 3 is 2.66 bits per heavy atom. The molecular formula is C24H26N4O. The third-order valence-corrected chi connectivity index (χ3v) is 6.45. The lowest BCUT2D eigenvalue weighted by Gasteiger charge is -2.40. The fourth-order valence-corrected chi connectivity index (χ4v) is 4.60. The third kappa shape index (κ3) is 3.24. The lowest BCUT2D eigenvalue weighted by atomic mass is 9.64. The molecular weight excluding hydrogens is 360 g/mol. The van der Waals surface area contributed by atoms with Gasteiger partial charge in [0, 0.05) is 17.5 Å². The Kier molecular flexibility index (Phi) is 4.46. The second-order valence-electron chi connectivity index (χ2n) is 8.41. The number of aromatic amines is 1. The van der Waals surface area contributed by atoms with E-state index in [0.717, 1.165) is 37.1 Å². The fourth-order valence-electron chi connectivity index (χ4n) is 4.60. The van der Waals surface area contributed by atoms with Crippen molar-refractivity contribution in [2.45, 2.75) is 57.3 Å². The summed E-state index contributed by atoms with van der Waals surface area (Å²) < 4.78 is 0. The van der Waals surface area contributed by atoms with E-state index in [1.807, 2.05) is 43.5 Å². The molecule has 0 bridgehead atoms. The summed E-state index contributed by atoms with van der Waals surface area (Å²) in [7, 11) is 0. The first-order valence-corrected chi connectivity index (χ1v) is 10.6. The topological polar surface area (TPSA) is 70.7 Å². The van der Waals surface area contributed by atoms with E-state index in [4.69, 9.17) is 4.98 Å². The molecule has 29 heavy (non-hydrogen) atoms. The molecule has 148 valence electrons. The molecule has 0 aliphatic heterocycles. The molecule has 2 aliphatic carbocycles. The Morgan fingerprint density at radius 2 is 1.97 bits per heavy atom. The Balaban J connectivity index is 1.37. The maximum Gasteiger partial charge on any atom is 0.256 e. The average Bonchev–Trinajstić information content (AvgIpc) is 3.12. The highest BCUT2D eigenvalue weighted by molar-refractivity contribution is 6.03. The number of anilines is 1. The van der Waals surface area contributed by atoms with Crippen LogP contribution in [0.25, 0.3) is 0 Å². The lowest BCUT2D eigenvalue weighted by Crippen LogP contribution is -2.36. The molecule has 5 nitrogen and oxygen atoms in total. The smallest absolute Gasteiger partial charge is 0.256 e. The molecule has 0 saturated heterocycles. The van der Waals surface area contributed by atoms with E-state index in [9.17, 15) is 4.79 Å². The number of amides is 1. The average molecular weight is 386 g/mol. The lowest BCUT2D eigenvalue weighted by molar-refractivity contribution is 0.102.